The molecule has 10 heteroatoms. The second kappa shape index (κ2) is 10.3. The van der Waals surface area contributed by atoms with Crippen LogP contribution in [-0.4, -0.2) is 72.3 Å². The summed E-state index contributed by atoms with van der Waals surface area (Å²) in [5.74, 6) is -0.864. The average molecular weight is 517 g/mol. The fourth-order valence-corrected chi connectivity index (χ4v) is 5.98. The van der Waals surface area contributed by atoms with Crippen LogP contribution in [0.15, 0.2) is 29.2 Å². The number of hydrogen-bond donors (Lipinski definition) is 0. The maximum atomic E-state index is 13.5. The van der Waals surface area contributed by atoms with E-state index in [2.05, 4.69) is 30.7 Å². The third-order valence-electron chi connectivity index (χ3n) is 6.37. The molecule has 1 aromatic heterocycles. The molecule has 0 spiro atoms. The summed E-state index contributed by atoms with van der Waals surface area (Å²) >= 11 is 0. The molecule has 0 bridgehead atoms. The van der Waals surface area contributed by atoms with Crippen LogP contribution < -0.4 is 0 Å². The van der Waals surface area contributed by atoms with E-state index in [1.54, 1.807) is 26.0 Å². The van der Waals surface area contributed by atoms with Crippen molar-refractivity contribution < 1.29 is 22.7 Å². The van der Waals surface area contributed by atoms with Crippen LogP contribution >= 0.6 is 0 Å². The molecule has 196 valence electrons. The Morgan fingerprint density at radius 2 is 1.69 bits per heavy atom. The maximum absolute atomic E-state index is 13.5. The number of ether oxygens (including phenoxy) is 1. The first kappa shape index (κ1) is 27.7. The maximum Gasteiger partial charge on any atom is 0.342 e. The number of hydrogen-bond acceptors (Lipinski definition) is 7. The van der Waals surface area contributed by atoms with Gasteiger partial charge in [0.15, 0.2) is 0 Å². The zero-order valence-corrected chi connectivity index (χ0v) is 23.1. The van der Waals surface area contributed by atoms with E-state index in [4.69, 9.17) is 4.74 Å². The van der Waals surface area contributed by atoms with Gasteiger partial charge in [-0.3, -0.25) is 4.79 Å². The third kappa shape index (κ3) is 5.44. The quantitative estimate of drug-likeness (QED) is 0.559. The Balaban J connectivity index is 1.87. The first-order valence-electron chi connectivity index (χ1n) is 12.1. The molecule has 1 unspecified atom stereocenters. The summed E-state index contributed by atoms with van der Waals surface area (Å²) in [6.45, 7) is 13.9. The van der Waals surface area contributed by atoms with Crippen LogP contribution in [0.2, 0.25) is 0 Å². The summed E-state index contributed by atoms with van der Waals surface area (Å²) in [5.41, 5.74) is 1.46. The van der Waals surface area contributed by atoms with Crippen LogP contribution in [0.3, 0.4) is 0 Å². The van der Waals surface area contributed by atoms with Gasteiger partial charge in [-0.1, -0.05) is 46.8 Å². The molecule has 2 heterocycles. The van der Waals surface area contributed by atoms with E-state index in [0.29, 0.717) is 11.5 Å². The number of nitrogens with zero attached hydrogens (tertiary/aromatic N) is 4. The topological polar surface area (TPSA) is 110 Å². The number of carbonyl (C=O) groups excluding carboxylic acids is 2. The van der Waals surface area contributed by atoms with E-state index in [9.17, 15) is 18.0 Å². The molecule has 0 saturated carbocycles. The minimum absolute atomic E-state index is 0.0145. The van der Waals surface area contributed by atoms with Gasteiger partial charge in [-0.15, -0.1) is 0 Å². The summed E-state index contributed by atoms with van der Waals surface area (Å²) < 4.78 is 33.1. The largest absolute Gasteiger partial charge is 0.465 e. The van der Waals surface area contributed by atoms with Gasteiger partial charge < -0.3 is 9.64 Å². The summed E-state index contributed by atoms with van der Waals surface area (Å²) in [4.78, 5) is 36.6. The van der Waals surface area contributed by atoms with Crippen molar-refractivity contribution in [2.24, 2.45) is 0 Å². The number of methoxy groups -OCH3 is 1. The molecule has 1 amide bonds. The van der Waals surface area contributed by atoms with Gasteiger partial charge in [-0.25, -0.2) is 23.2 Å². The van der Waals surface area contributed by atoms with Crippen molar-refractivity contribution in [1.82, 2.24) is 19.2 Å². The number of carbonyl (C=O) groups is 2. The van der Waals surface area contributed by atoms with Crippen LogP contribution in [0, 0.1) is 6.92 Å². The molecule has 1 aliphatic heterocycles. The van der Waals surface area contributed by atoms with E-state index in [-0.39, 0.29) is 47.1 Å². The van der Waals surface area contributed by atoms with Gasteiger partial charge in [-0.2, -0.15) is 4.31 Å². The van der Waals surface area contributed by atoms with Crippen LogP contribution in [0.1, 0.15) is 85.4 Å². The lowest BCUT2D eigenvalue weighted by Gasteiger charge is -2.39. The highest BCUT2D eigenvalue weighted by atomic mass is 32.2. The Kier molecular flexibility index (Phi) is 7.90. The highest BCUT2D eigenvalue weighted by Crippen LogP contribution is 2.27. The third-order valence-corrected chi connectivity index (χ3v) is 8.40. The first-order chi connectivity index (χ1) is 16.7. The summed E-state index contributed by atoms with van der Waals surface area (Å²) in [6, 6.07) is 6.49. The number of aromatic nitrogens is 2. The predicted octanol–water partition coefficient (Wildman–Crippen LogP) is 3.53. The highest BCUT2D eigenvalue weighted by molar-refractivity contribution is 7.89. The van der Waals surface area contributed by atoms with E-state index < -0.39 is 27.9 Å². The number of rotatable bonds is 5. The predicted molar refractivity (Wildman–Crippen MR) is 137 cm³/mol. The molecule has 2 aromatic rings. The smallest absolute Gasteiger partial charge is 0.342 e. The fourth-order valence-electron chi connectivity index (χ4n) is 4.36. The summed E-state index contributed by atoms with van der Waals surface area (Å²) in [6.07, 6.45) is 0. The van der Waals surface area contributed by atoms with Gasteiger partial charge in [-0.05, 0) is 42.9 Å². The lowest BCUT2D eigenvalue weighted by atomic mass is 9.87. The number of esters is 1. The Hall–Kier alpha value is -2.85. The molecule has 3 rings (SSSR count). The normalized spacial score (nSPS) is 17.4. The van der Waals surface area contributed by atoms with Gasteiger partial charge in [0, 0.05) is 25.7 Å². The molecule has 36 heavy (non-hydrogen) atoms. The highest BCUT2D eigenvalue weighted by Gasteiger charge is 2.37. The number of amides is 1. The molecule has 1 fully saturated rings. The van der Waals surface area contributed by atoms with Crippen molar-refractivity contribution in [1.29, 1.82) is 0 Å². The zero-order valence-electron chi connectivity index (χ0n) is 22.3. The molecule has 0 N–H and O–H groups in total. The molecular weight excluding hydrogens is 480 g/mol. The van der Waals surface area contributed by atoms with Crippen LogP contribution in [-0.2, 0) is 20.2 Å². The standard InChI is InChI=1S/C26H36N4O5S/c1-16(2)22-21(25(32)35-8)23(28-18(4)27-22)24(31)29-13-14-30(17(3)15-29)36(33,34)20-11-9-19(10-12-20)26(5,6)7/h9-12,16-17H,13-15H2,1-8H3. The fraction of sp³-hybridized carbons (Fsp3) is 0.538. The van der Waals surface area contributed by atoms with Crippen molar-refractivity contribution in [2.45, 2.75) is 70.7 Å². The average Bonchev–Trinajstić information content (AvgIpc) is 2.81. The van der Waals surface area contributed by atoms with Crippen molar-refractivity contribution in [3.63, 3.8) is 0 Å². The number of piperazine rings is 1. The summed E-state index contributed by atoms with van der Waals surface area (Å²) in [5, 5.41) is 0. The molecule has 1 atom stereocenters. The van der Waals surface area contributed by atoms with Gasteiger partial charge >= 0.3 is 5.97 Å². The minimum atomic E-state index is -3.74. The first-order valence-corrected chi connectivity index (χ1v) is 13.5. The lowest BCUT2D eigenvalue weighted by Crippen LogP contribution is -2.55. The second-order valence-electron chi connectivity index (χ2n) is 10.5. The molecule has 1 aliphatic rings. The van der Waals surface area contributed by atoms with Crippen molar-refractivity contribution in [3.05, 3.63) is 52.6 Å². The summed E-state index contributed by atoms with van der Waals surface area (Å²) in [7, 11) is -2.49. The van der Waals surface area contributed by atoms with Gasteiger partial charge in [0.1, 0.15) is 17.1 Å². The van der Waals surface area contributed by atoms with Crippen molar-refractivity contribution in [3.8, 4) is 0 Å². The van der Waals surface area contributed by atoms with Crippen LogP contribution in [0.5, 0.6) is 0 Å². The molecule has 0 radical (unpaired) electrons. The number of sulfonamides is 1. The minimum Gasteiger partial charge on any atom is -0.465 e. The Morgan fingerprint density at radius 3 is 2.19 bits per heavy atom. The Morgan fingerprint density at radius 1 is 1.08 bits per heavy atom. The monoisotopic (exact) mass is 516 g/mol. The van der Waals surface area contributed by atoms with E-state index in [0.717, 1.165) is 5.56 Å². The van der Waals surface area contributed by atoms with Crippen LogP contribution in [0.25, 0.3) is 0 Å². The van der Waals surface area contributed by atoms with Crippen LogP contribution in [0.4, 0.5) is 0 Å². The second-order valence-corrected chi connectivity index (χ2v) is 12.4. The van der Waals surface area contributed by atoms with Gasteiger partial charge in [0.05, 0.1) is 17.7 Å². The SMILES string of the molecule is COC(=O)c1c(C(=O)N2CCN(S(=O)(=O)c3ccc(C(C)(C)C)cc3)C(C)C2)nc(C)nc1C(C)C. The molecule has 0 aliphatic carbocycles. The molecule has 1 saturated heterocycles. The molecule has 9 nitrogen and oxygen atoms in total. The van der Waals surface area contributed by atoms with Crippen molar-refractivity contribution >= 4 is 21.9 Å². The molecule has 1 aromatic carbocycles. The van der Waals surface area contributed by atoms with E-state index in [1.165, 1.54) is 16.3 Å². The van der Waals surface area contributed by atoms with E-state index >= 15 is 0 Å². The molecular formula is C26H36N4O5S. The number of benzene rings is 1. The van der Waals surface area contributed by atoms with Gasteiger partial charge in [0.2, 0.25) is 10.0 Å². The van der Waals surface area contributed by atoms with Gasteiger partial charge in [0.25, 0.3) is 5.91 Å². The lowest BCUT2D eigenvalue weighted by molar-refractivity contribution is 0.0569. The van der Waals surface area contributed by atoms with E-state index in [1.807, 2.05) is 26.0 Å². The van der Waals surface area contributed by atoms with Crippen molar-refractivity contribution in [2.75, 3.05) is 26.7 Å². The Bertz CT molecular complexity index is 1250. The number of aryl methyl sites for hydroxylation is 1. The zero-order chi connectivity index (χ0) is 27.0. The Labute approximate surface area is 213 Å².